The summed E-state index contributed by atoms with van der Waals surface area (Å²) in [6.45, 7) is 4.21. The molecule has 0 aromatic heterocycles. The maximum Gasteiger partial charge on any atom is 0.246 e. The van der Waals surface area contributed by atoms with E-state index in [9.17, 15) is 9.59 Å². The summed E-state index contributed by atoms with van der Waals surface area (Å²) >= 11 is 0. The number of benzene rings is 1. The number of hydrogen-bond donors (Lipinski definition) is 2. The second kappa shape index (κ2) is 6.27. The summed E-state index contributed by atoms with van der Waals surface area (Å²) in [5.41, 5.74) is 0.608. The molecular formula is C14H18N2O4. The molecule has 0 saturated heterocycles. The van der Waals surface area contributed by atoms with Crippen LogP contribution in [0.3, 0.4) is 0 Å². The lowest BCUT2D eigenvalue weighted by molar-refractivity contribution is -0.124. The third kappa shape index (κ3) is 3.63. The predicted octanol–water partition coefficient (Wildman–Crippen LogP) is 1.31. The van der Waals surface area contributed by atoms with Crippen LogP contribution in [0.4, 0.5) is 5.69 Å². The molecule has 0 bridgehead atoms. The Labute approximate surface area is 117 Å². The Balaban J connectivity index is 2.04. The Hall–Kier alpha value is -2.24. The second-order valence-electron chi connectivity index (χ2n) is 4.62. The standard InChI is InChI=1S/C14H18N2O4/c1-9(15-10(2)17)14(18)16-11-4-5-12-13(8-11)20-7-3-6-19-12/h4-5,8-9H,3,6-7H2,1-2H3,(H,15,17)(H,16,18). The lowest BCUT2D eigenvalue weighted by atomic mass is 10.2. The Kier molecular flexibility index (Phi) is 4.45. The normalized spacial score (nSPS) is 14.9. The van der Waals surface area contributed by atoms with Gasteiger partial charge in [0.15, 0.2) is 11.5 Å². The molecule has 20 heavy (non-hydrogen) atoms. The zero-order chi connectivity index (χ0) is 14.5. The smallest absolute Gasteiger partial charge is 0.246 e. The monoisotopic (exact) mass is 278 g/mol. The van der Waals surface area contributed by atoms with Crippen molar-refractivity contribution in [2.24, 2.45) is 0 Å². The van der Waals surface area contributed by atoms with Gasteiger partial charge in [0.1, 0.15) is 6.04 Å². The highest BCUT2D eigenvalue weighted by atomic mass is 16.5. The average molecular weight is 278 g/mol. The van der Waals surface area contributed by atoms with Crippen molar-refractivity contribution in [1.82, 2.24) is 5.32 Å². The first-order chi connectivity index (χ1) is 9.56. The summed E-state index contributed by atoms with van der Waals surface area (Å²) in [5, 5.41) is 5.26. The van der Waals surface area contributed by atoms with E-state index in [1.807, 2.05) is 0 Å². The van der Waals surface area contributed by atoms with E-state index in [1.165, 1.54) is 6.92 Å². The molecule has 6 nitrogen and oxygen atoms in total. The highest BCUT2D eigenvalue weighted by Gasteiger charge is 2.16. The van der Waals surface area contributed by atoms with Gasteiger partial charge in [-0.15, -0.1) is 0 Å². The number of rotatable bonds is 3. The summed E-state index contributed by atoms with van der Waals surface area (Å²) in [7, 11) is 0. The SMILES string of the molecule is CC(=O)NC(C)C(=O)Nc1ccc2c(c1)OCCCO2. The maximum absolute atomic E-state index is 11.9. The van der Waals surface area contributed by atoms with Gasteiger partial charge < -0.3 is 20.1 Å². The predicted molar refractivity (Wildman–Crippen MR) is 74.0 cm³/mol. The molecule has 0 saturated carbocycles. The molecule has 108 valence electrons. The molecule has 1 aliphatic rings. The van der Waals surface area contributed by atoms with Crippen LogP contribution in [-0.2, 0) is 9.59 Å². The molecule has 0 radical (unpaired) electrons. The van der Waals surface area contributed by atoms with Crippen molar-refractivity contribution in [3.63, 3.8) is 0 Å². The fraction of sp³-hybridized carbons (Fsp3) is 0.429. The van der Waals surface area contributed by atoms with Crippen LogP contribution in [0, 0.1) is 0 Å². The van der Waals surface area contributed by atoms with Crippen LogP contribution in [0.2, 0.25) is 0 Å². The largest absolute Gasteiger partial charge is 0.490 e. The van der Waals surface area contributed by atoms with Crippen molar-refractivity contribution in [3.8, 4) is 11.5 Å². The molecule has 1 unspecified atom stereocenters. The molecule has 1 atom stereocenters. The van der Waals surface area contributed by atoms with E-state index in [4.69, 9.17) is 9.47 Å². The van der Waals surface area contributed by atoms with Crippen LogP contribution in [0.1, 0.15) is 20.3 Å². The van der Waals surface area contributed by atoms with E-state index in [-0.39, 0.29) is 11.8 Å². The first-order valence-electron chi connectivity index (χ1n) is 6.54. The van der Waals surface area contributed by atoms with E-state index < -0.39 is 6.04 Å². The number of fused-ring (bicyclic) bond motifs is 1. The van der Waals surface area contributed by atoms with Crippen LogP contribution >= 0.6 is 0 Å². The highest BCUT2D eigenvalue weighted by molar-refractivity contribution is 5.96. The zero-order valence-corrected chi connectivity index (χ0v) is 11.6. The summed E-state index contributed by atoms with van der Waals surface area (Å²) in [6.07, 6.45) is 0.829. The first-order valence-corrected chi connectivity index (χ1v) is 6.54. The average Bonchev–Trinajstić information content (AvgIpc) is 2.62. The topological polar surface area (TPSA) is 76.7 Å². The first kappa shape index (κ1) is 14.2. The Morgan fingerprint density at radius 3 is 2.60 bits per heavy atom. The van der Waals surface area contributed by atoms with Gasteiger partial charge in [-0.2, -0.15) is 0 Å². The Morgan fingerprint density at radius 2 is 1.90 bits per heavy atom. The maximum atomic E-state index is 11.9. The van der Waals surface area contributed by atoms with Gasteiger partial charge in [-0.3, -0.25) is 9.59 Å². The minimum atomic E-state index is -0.594. The Morgan fingerprint density at radius 1 is 1.20 bits per heavy atom. The minimum absolute atomic E-state index is 0.244. The van der Waals surface area contributed by atoms with Gasteiger partial charge in [0.05, 0.1) is 13.2 Å². The van der Waals surface area contributed by atoms with E-state index in [2.05, 4.69) is 10.6 Å². The molecule has 0 aliphatic carbocycles. The summed E-state index contributed by atoms with van der Waals surface area (Å²) in [4.78, 5) is 22.8. The van der Waals surface area contributed by atoms with E-state index in [0.717, 1.165) is 6.42 Å². The second-order valence-corrected chi connectivity index (χ2v) is 4.62. The number of hydrogen-bond acceptors (Lipinski definition) is 4. The van der Waals surface area contributed by atoms with Crippen molar-refractivity contribution in [3.05, 3.63) is 18.2 Å². The van der Waals surface area contributed by atoms with Crippen molar-refractivity contribution in [1.29, 1.82) is 0 Å². The van der Waals surface area contributed by atoms with Gasteiger partial charge in [-0.05, 0) is 19.1 Å². The minimum Gasteiger partial charge on any atom is -0.490 e. The fourth-order valence-electron chi connectivity index (χ4n) is 1.86. The number of carbonyl (C=O) groups is 2. The van der Waals surface area contributed by atoms with Gasteiger partial charge in [0, 0.05) is 25.1 Å². The molecule has 2 rings (SSSR count). The van der Waals surface area contributed by atoms with Gasteiger partial charge in [0.25, 0.3) is 0 Å². The van der Waals surface area contributed by atoms with Crippen molar-refractivity contribution >= 4 is 17.5 Å². The molecule has 1 aliphatic heterocycles. The molecule has 1 aromatic rings. The molecule has 1 aromatic carbocycles. The number of nitrogens with one attached hydrogen (secondary N) is 2. The van der Waals surface area contributed by atoms with Gasteiger partial charge in [-0.1, -0.05) is 0 Å². The highest BCUT2D eigenvalue weighted by Crippen LogP contribution is 2.32. The molecule has 2 amide bonds. The third-order valence-corrected chi connectivity index (χ3v) is 2.83. The number of ether oxygens (including phenoxy) is 2. The Bertz CT molecular complexity index is 516. The van der Waals surface area contributed by atoms with Gasteiger partial charge in [-0.25, -0.2) is 0 Å². The van der Waals surface area contributed by atoms with E-state index in [0.29, 0.717) is 30.4 Å². The van der Waals surface area contributed by atoms with Crippen molar-refractivity contribution in [2.45, 2.75) is 26.3 Å². The number of amides is 2. The quantitative estimate of drug-likeness (QED) is 0.874. The van der Waals surface area contributed by atoms with Crippen LogP contribution in [-0.4, -0.2) is 31.1 Å². The third-order valence-electron chi connectivity index (χ3n) is 2.83. The summed E-state index contributed by atoms with van der Waals surface area (Å²) < 4.78 is 11.1. The van der Waals surface area contributed by atoms with Gasteiger partial charge in [0.2, 0.25) is 11.8 Å². The van der Waals surface area contributed by atoms with E-state index in [1.54, 1.807) is 25.1 Å². The van der Waals surface area contributed by atoms with Crippen LogP contribution in [0.5, 0.6) is 11.5 Å². The lowest BCUT2D eigenvalue weighted by Gasteiger charge is -2.14. The van der Waals surface area contributed by atoms with Crippen LogP contribution < -0.4 is 20.1 Å². The van der Waals surface area contributed by atoms with E-state index >= 15 is 0 Å². The molecule has 0 fully saturated rings. The van der Waals surface area contributed by atoms with Crippen molar-refractivity contribution < 1.29 is 19.1 Å². The summed E-state index contributed by atoms with van der Waals surface area (Å²) in [5.74, 6) is 0.767. The van der Waals surface area contributed by atoms with Gasteiger partial charge >= 0.3 is 0 Å². The molecule has 0 spiro atoms. The number of anilines is 1. The number of carbonyl (C=O) groups excluding carboxylic acids is 2. The molecule has 1 heterocycles. The summed E-state index contributed by atoms with van der Waals surface area (Å²) in [6, 6.07) is 4.63. The van der Waals surface area contributed by atoms with Crippen molar-refractivity contribution in [2.75, 3.05) is 18.5 Å². The molecule has 6 heteroatoms. The van der Waals surface area contributed by atoms with Crippen LogP contribution in [0.15, 0.2) is 18.2 Å². The molecular weight excluding hydrogens is 260 g/mol. The zero-order valence-electron chi connectivity index (χ0n) is 11.6. The fourth-order valence-corrected chi connectivity index (χ4v) is 1.86. The van der Waals surface area contributed by atoms with Crippen LogP contribution in [0.25, 0.3) is 0 Å². The lowest BCUT2D eigenvalue weighted by Crippen LogP contribution is -2.40. The molecule has 2 N–H and O–H groups in total.